The molecule has 3 heteroatoms. The van der Waals surface area contributed by atoms with E-state index in [1.165, 1.54) is 24.0 Å². The van der Waals surface area contributed by atoms with E-state index >= 15 is 0 Å². The summed E-state index contributed by atoms with van der Waals surface area (Å²) in [5.41, 5.74) is 8.76. The Labute approximate surface area is 123 Å². The molecule has 112 valence electrons. The Bertz CT molecular complexity index is 388. The highest BCUT2D eigenvalue weighted by molar-refractivity contribution is 5.25. The van der Waals surface area contributed by atoms with E-state index in [0.717, 1.165) is 26.1 Å². The lowest BCUT2D eigenvalue weighted by Gasteiger charge is -2.38. The molecule has 1 saturated heterocycles. The highest BCUT2D eigenvalue weighted by Gasteiger charge is 2.26. The van der Waals surface area contributed by atoms with E-state index in [-0.39, 0.29) is 0 Å². The molecule has 2 atom stereocenters. The second-order valence-corrected chi connectivity index (χ2v) is 5.56. The fraction of sp³-hybridized carbons (Fsp3) is 0.647. The molecule has 0 spiro atoms. The van der Waals surface area contributed by atoms with Gasteiger partial charge >= 0.3 is 0 Å². The van der Waals surface area contributed by atoms with Gasteiger partial charge in [0.2, 0.25) is 0 Å². The molecule has 20 heavy (non-hydrogen) atoms. The van der Waals surface area contributed by atoms with E-state index in [1.54, 1.807) is 0 Å². The van der Waals surface area contributed by atoms with Crippen molar-refractivity contribution in [3.8, 4) is 0 Å². The van der Waals surface area contributed by atoms with E-state index in [0.29, 0.717) is 18.7 Å². The molecule has 2 unspecified atom stereocenters. The summed E-state index contributed by atoms with van der Waals surface area (Å²) in [5.74, 6) is 0. The summed E-state index contributed by atoms with van der Waals surface area (Å²) in [5, 5.41) is 0. The third-order valence-electron chi connectivity index (χ3n) is 4.25. The lowest BCUT2D eigenvalue weighted by Crippen LogP contribution is -2.44. The molecule has 0 bridgehead atoms. The van der Waals surface area contributed by atoms with Crippen molar-refractivity contribution in [1.29, 1.82) is 0 Å². The second kappa shape index (κ2) is 7.77. The van der Waals surface area contributed by atoms with Crippen molar-refractivity contribution in [3.05, 3.63) is 35.4 Å². The Morgan fingerprint density at radius 1 is 1.30 bits per heavy atom. The quantitative estimate of drug-likeness (QED) is 0.868. The van der Waals surface area contributed by atoms with Crippen LogP contribution in [-0.2, 0) is 11.2 Å². The van der Waals surface area contributed by atoms with Gasteiger partial charge in [0.05, 0.1) is 6.10 Å². The molecule has 1 aliphatic heterocycles. The fourth-order valence-corrected chi connectivity index (χ4v) is 3.09. The first kappa shape index (κ1) is 15.5. The van der Waals surface area contributed by atoms with E-state index in [9.17, 15) is 0 Å². The van der Waals surface area contributed by atoms with Crippen LogP contribution in [0.5, 0.6) is 0 Å². The normalized spacial score (nSPS) is 21.9. The topological polar surface area (TPSA) is 38.5 Å². The molecule has 0 aromatic heterocycles. The first-order valence-corrected chi connectivity index (χ1v) is 7.93. The summed E-state index contributed by atoms with van der Waals surface area (Å²) < 4.78 is 5.80. The number of benzene rings is 1. The van der Waals surface area contributed by atoms with Crippen molar-refractivity contribution < 1.29 is 4.74 Å². The van der Waals surface area contributed by atoms with E-state index in [2.05, 4.69) is 43.0 Å². The van der Waals surface area contributed by atoms with Crippen molar-refractivity contribution in [3.63, 3.8) is 0 Å². The van der Waals surface area contributed by atoms with Gasteiger partial charge in [0.1, 0.15) is 0 Å². The standard InChI is InChI=1S/C17H28N2O/c1-3-14-7-9-15(10-8-14)17(12-18)19-11-5-6-16(13-19)20-4-2/h7-10,16-17H,3-6,11-13,18H2,1-2H3. The van der Waals surface area contributed by atoms with Gasteiger partial charge in [-0.2, -0.15) is 0 Å². The average molecular weight is 276 g/mol. The van der Waals surface area contributed by atoms with Gasteiger partial charge in [-0.3, -0.25) is 4.90 Å². The van der Waals surface area contributed by atoms with Crippen molar-refractivity contribution in [2.24, 2.45) is 5.73 Å². The number of nitrogens with zero attached hydrogens (tertiary/aromatic N) is 1. The summed E-state index contributed by atoms with van der Waals surface area (Å²) in [6.45, 7) is 7.86. The Morgan fingerprint density at radius 3 is 2.65 bits per heavy atom. The van der Waals surface area contributed by atoms with Crippen LogP contribution in [0.3, 0.4) is 0 Å². The molecule has 0 radical (unpaired) electrons. The van der Waals surface area contributed by atoms with Crippen molar-refractivity contribution in [2.75, 3.05) is 26.2 Å². The third kappa shape index (κ3) is 3.81. The Balaban J connectivity index is 2.06. The summed E-state index contributed by atoms with van der Waals surface area (Å²) in [4.78, 5) is 2.49. The molecule has 2 rings (SSSR count). The first-order chi connectivity index (χ1) is 9.78. The minimum absolute atomic E-state index is 0.323. The molecule has 0 aliphatic carbocycles. The van der Waals surface area contributed by atoms with Crippen LogP contribution < -0.4 is 5.73 Å². The smallest absolute Gasteiger partial charge is 0.0702 e. The van der Waals surface area contributed by atoms with E-state index in [1.807, 2.05) is 0 Å². The van der Waals surface area contributed by atoms with Crippen LogP contribution in [0, 0.1) is 0 Å². The van der Waals surface area contributed by atoms with Crippen LogP contribution in [0.1, 0.15) is 43.9 Å². The summed E-state index contributed by atoms with van der Waals surface area (Å²) in [7, 11) is 0. The number of ether oxygens (including phenoxy) is 1. The van der Waals surface area contributed by atoms with Crippen molar-refractivity contribution >= 4 is 0 Å². The lowest BCUT2D eigenvalue weighted by atomic mass is 9.99. The first-order valence-electron chi connectivity index (χ1n) is 7.93. The summed E-state index contributed by atoms with van der Waals surface area (Å²) in [6.07, 6.45) is 3.84. The minimum atomic E-state index is 0.323. The molecule has 1 fully saturated rings. The Hall–Kier alpha value is -0.900. The number of nitrogens with two attached hydrogens (primary N) is 1. The van der Waals surface area contributed by atoms with Crippen LogP contribution in [0.4, 0.5) is 0 Å². The largest absolute Gasteiger partial charge is 0.377 e. The predicted octanol–water partition coefficient (Wildman–Crippen LogP) is 2.75. The van der Waals surface area contributed by atoms with Gasteiger partial charge in [-0.05, 0) is 43.9 Å². The predicted molar refractivity (Wildman–Crippen MR) is 83.8 cm³/mol. The van der Waals surface area contributed by atoms with Gasteiger partial charge in [0.25, 0.3) is 0 Å². The molecule has 1 aromatic rings. The van der Waals surface area contributed by atoms with E-state index < -0.39 is 0 Å². The Kier molecular flexibility index (Phi) is 6.02. The zero-order valence-electron chi connectivity index (χ0n) is 12.8. The maximum atomic E-state index is 6.04. The molecule has 1 aliphatic rings. The van der Waals surface area contributed by atoms with Gasteiger partial charge in [0.15, 0.2) is 0 Å². The lowest BCUT2D eigenvalue weighted by molar-refractivity contribution is -0.00659. The number of hydrogen-bond donors (Lipinski definition) is 1. The number of likely N-dealkylation sites (tertiary alicyclic amines) is 1. The van der Waals surface area contributed by atoms with Crippen molar-refractivity contribution in [2.45, 2.75) is 45.3 Å². The zero-order valence-corrected chi connectivity index (χ0v) is 12.8. The summed E-state index contributed by atoms with van der Waals surface area (Å²) in [6, 6.07) is 9.25. The highest BCUT2D eigenvalue weighted by Crippen LogP contribution is 2.25. The third-order valence-corrected chi connectivity index (χ3v) is 4.25. The van der Waals surface area contributed by atoms with Gasteiger partial charge in [-0.25, -0.2) is 0 Å². The fourth-order valence-electron chi connectivity index (χ4n) is 3.09. The molecule has 2 N–H and O–H groups in total. The van der Waals surface area contributed by atoms with Gasteiger partial charge < -0.3 is 10.5 Å². The monoisotopic (exact) mass is 276 g/mol. The number of rotatable bonds is 6. The molecule has 3 nitrogen and oxygen atoms in total. The number of aryl methyl sites for hydroxylation is 1. The number of piperidine rings is 1. The molecule has 1 heterocycles. The SMILES string of the molecule is CCOC1CCCN(C(CN)c2ccc(CC)cc2)C1. The molecular formula is C17H28N2O. The van der Waals surface area contributed by atoms with Gasteiger partial charge in [-0.1, -0.05) is 31.2 Å². The Morgan fingerprint density at radius 2 is 2.05 bits per heavy atom. The minimum Gasteiger partial charge on any atom is -0.377 e. The van der Waals surface area contributed by atoms with Crippen LogP contribution in [0.2, 0.25) is 0 Å². The maximum Gasteiger partial charge on any atom is 0.0702 e. The van der Waals surface area contributed by atoms with Crippen LogP contribution in [-0.4, -0.2) is 37.2 Å². The average Bonchev–Trinajstić information content (AvgIpc) is 2.49. The highest BCUT2D eigenvalue weighted by atomic mass is 16.5. The second-order valence-electron chi connectivity index (χ2n) is 5.56. The van der Waals surface area contributed by atoms with E-state index in [4.69, 9.17) is 10.5 Å². The zero-order chi connectivity index (χ0) is 14.4. The molecular weight excluding hydrogens is 248 g/mol. The van der Waals surface area contributed by atoms with Crippen LogP contribution in [0.25, 0.3) is 0 Å². The van der Waals surface area contributed by atoms with Gasteiger partial charge in [0, 0.05) is 25.7 Å². The number of hydrogen-bond acceptors (Lipinski definition) is 3. The van der Waals surface area contributed by atoms with Crippen LogP contribution >= 0.6 is 0 Å². The molecule has 0 saturated carbocycles. The van der Waals surface area contributed by atoms with Crippen LogP contribution in [0.15, 0.2) is 24.3 Å². The van der Waals surface area contributed by atoms with Crippen molar-refractivity contribution in [1.82, 2.24) is 4.90 Å². The molecule has 0 amide bonds. The maximum absolute atomic E-state index is 6.04. The summed E-state index contributed by atoms with van der Waals surface area (Å²) >= 11 is 0. The van der Waals surface area contributed by atoms with Gasteiger partial charge in [-0.15, -0.1) is 0 Å². The molecule has 1 aromatic carbocycles.